The average molecular weight is 336 g/mol. The first kappa shape index (κ1) is 18.5. The number of hydrogen-bond donors (Lipinski definition) is 1. The highest BCUT2D eigenvalue weighted by molar-refractivity contribution is 5.73. The van der Waals surface area contributed by atoms with E-state index < -0.39 is 0 Å². The SMILES string of the molecule is CCCOc1cc(C#Cc2ccc(CC(C)NC(C)=O)cc2)ccn1. The van der Waals surface area contributed by atoms with Crippen LogP contribution < -0.4 is 10.1 Å². The molecule has 0 aliphatic carbocycles. The summed E-state index contributed by atoms with van der Waals surface area (Å²) in [6.45, 7) is 6.25. The Balaban J connectivity index is 2.00. The summed E-state index contributed by atoms with van der Waals surface area (Å²) in [6, 6.07) is 11.9. The van der Waals surface area contributed by atoms with Gasteiger partial charge in [0.1, 0.15) is 0 Å². The van der Waals surface area contributed by atoms with Crippen molar-refractivity contribution in [3.8, 4) is 17.7 Å². The lowest BCUT2D eigenvalue weighted by atomic mass is 10.1. The number of carbonyl (C=O) groups excluding carboxylic acids is 1. The van der Waals surface area contributed by atoms with Crippen LogP contribution in [0.3, 0.4) is 0 Å². The Bertz CT molecular complexity index is 757. The van der Waals surface area contributed by atoms with Gasteiger partial charge >= 0.3 is 0 Å². The van der Waals surface area contributed by atoms with Crippen molar-refractivity contribution in [2.45, 2.75) is 39.7 Å². The number of carbonyl (C=O) groups is 1. The standard InChI is InChI=1S/C21H24N2O2/c1-4-13-25-21-15-20(11-12-22-21)10-7-18-5-8-19(9-6-18)14-16(2)23-17(3)24/h5-6,8-9,11-12,15-16H,4,13-14H2,1-3H3,(H,23,24). The van der Waals surface area contributed by atoms with Gasteiger partial charge in [0.15, 0.2) is 0 Å². The van der Waals surface area contributed by atoms with E-state index in [2.05, 4.69) is 29.1 Å². The third-order valence-electron chi connectivity index (χ3n) is 3.49. The van der Waals surface area contributed by atoms with Gasteiger partial charge < -0.3 is 10.1 Å². The van der Waals surface area contributed by atoms with Crippen molar-refractivity contribution in [3.63, 3.8) is 0 Å². The van der Waals surface area contributed by atoms with E-state index in [0.717, 1.165) is 24.0 Å². The molecule has 2 rings (SSSR count). The summed E-state index contributed by atoms with van der Waals surface area (Å²) in [5.74, 6) is 6.89. The zero-order valence-electron chi connectivity index (χ0n) is 15.0. The number of nitrogens with zero attached hydrogens (tertiary/aromatic N) is 1. The van der Waals surface area contributed by atoms with E-state index in [-0.39, 0.29) is 11.9 Å². The maximum atomic E-state index is 11.1. The Kier molecular flexibility index (Phi) is 7.03. The molecule has 25 heavy (non-hydrogen) atoms. The third-order valence-corrected chi connectivity index (χ3v) is 3.49. The van der Waals surface area contributed by atoms with Crippen LogP contribution in [0, 0.1) is 11.8 Å². The summed E-state index contributed by atoms with van der Waals surface area (Å²) in [5, 5.41) is 2.89. The van der Waals surface area contributed by atoms with Gasteiger partial charge in [-0.05, 0) is 43.5 Å². The van der Waals surface area contributed by atoms with Gasteiger partial charge in [0.25, 0.3) is 0 Å². The van der Waals surface area contributed by atoms with E-state index >= 15 is 0 Å². The summed E-state index contributed by atoms with van der Waals surface area (Å²) >= 11 is 0. The number of ether oxygens (including phenoxy) is 1. The van der Waals surface area contributed by atoms with Crippen LogP contribution in [0.4, 0.5) is 0 Å². The first-order chi connectivity index (χ1) is 12.1. The molecule has 0 aliphatic rings. The molecule has 0 aliphatic heterocycles. The molecule has 1 atom stereocenters. The van der Waals surface area contributed by atoms with Gasteiger partial charge in [-0.2, -0.15) is 0 Å². The van der Waals surface area contributed by atoms with Crippen LogP contribution >= 0.6 is 0 Å². The second kappa shape index (κ2) is 9.48. The Morgan fingerprint density at radius 1 is 1.20 bits per heavy atom. The molecule has 0 radical (unpaired) electrons. The van der Waals surface area contributed by atoms with Gasteiger partial charge in [0.05, 0.1) is 6.61 Å². The lowest BCUT2D eigenvalue weighted by Crippen LogP contribution is -2.31. The molecule has 2 aromatic rings. The lowest BCUT2D eigenvalue weighted by molar-refractivity contribution is -0.119. The summed E-state index contributed by atoms with van der Waals surface area (Å²) < 4.78 is 5.52. The molecule has 1 aromatic carbocycles. The number of amides is 1. The number of pyridine rings is 1. The number of rotatable bonds is 6. The molecule has 1 N–H and O–H groups in total. The zero-order chi connectivity index (χ0) is 18.1. The average Bonchev–Trinajstić information content (AvgIpc) is 2.59. The van der Waals surface area contributed by atoms with E-state index in [4.69, 9.17) is 4.74 Å². The maximum absolute atomic E-state index is 11.1. The minimum Gasteiger partial charge on any atom is -0.478 e. The Morgan fingerprint density at radius 3 is 2.60 bits per heavy atom. The number of hydrogen-bond acceptors (Lipinski definition) is 3. The predicted octanol–water partition coefficient (Wildman–Crippen LogP) is 3.34. The highest BCUT2D eigenvalue weighted by Crippen LogP contribution is 2.10. The van der Waals surface area contributed by atoms with Crippen LogP contribution in [-0.4, -0.2) is 23.5 Å². The summed E-state index contributed by atoms with van der Waals surface area (Å²) in [6.07, 6.45) is 3.46. The van der Waals surface area contributed by atoms with E-state index in [9.17, 15) is 4.79 Å². The molecule has 0 fully saturated rings. The molecule has 0 saturated carbocycles. The molecular formula is C21H24N2O2. The summed E-state index contributed by atoms with van der Waals surface area (Å²) in [5.41, 5.74) is 3.00. The van der Waals surface area contributed by atoms with Crippen molar-refractivity contribution in [3.05, 3.63) is 59.3 Å². The first-order valence-corrected chi connectivity index (χ1v) is 8.53. The molecule has 1 unspecified atom stereocenters. The second-order valence-electron chi connectivity index (χ2n) is 5.98. The van der Waals surface area contributed by atoms with Crippen LogP contribution in [0.5, 0.6) is 5.88 Å². The maximum Gasteiger partial charge on any atom is 0.217 e. The smallest absolute Gasteiger partial charge is 0.217 e. The molecular weight excluding hydrogens is 312 g/mol. The molecule has 1 heterocycles. The molecule has 0 bridgehead atoms. The van der Waals surface area contributed by atoms with Crippen molar-refractivity contribution in [1.82, 2.24) is 10.3 Å². The first-order valence-electron chi connectivity index (χ1n) is 8.53. The second-order valence-corrected chi connectivity index (χ2v) is 5.98. The largest absolute Gasteiger partial charge is 0.478 e. The fourth-order valence-electron chi connectivity index (χ4n) is 2.39. The van der Waals surface area contributed by atoms with E-state index in [1.165, 1.54) is 12.5 Å². The van der Waals surface area contributed by atoms with Crippen molar-refractivity contribution in [1.29, 1.82) is 0 Å². The summed E-state index contributed by atoms with van der Waals surface area (Å²) in [4.78, 5) is 15.2. The van der Waals surface area contributed by atoms with Gasteiger partial charge in [-0.3, -0.25) is 4.79 Å². The van der Waals surface area contributed by atoms with Crippen molar-refractivity contribution in [2.75, 3.05) is 6.61 Å². The lowest BCUT2D eigenvalue weighted by Gasteiger charge is -2.12. The van der Waals surface area contributed by atoms with Crippen molar-refractivity contribution >= 4 is 5.91 Å². The Hall–Kier alpha value is -2.80. The van der Waals surface area contributed by atoms with Crippen LogP contribution in [0.25, 0.3) is 0 Å². The quantitative estimate of drug-likeness (QED) is 0.823. The van der Waals surface area contributed by atoms with Crippen molar-refractivity contribution < 1.29 is 9.53 Å². The molecule has 0 spiro atoms. The highest BCUT2D eigenvalue weighted by Gasteiger charge is 2.04. The Morgan fingerprint density at radius 2 is 1.92 bits per heavy atom. The fourth-order valence-corrected chi connectivity index (χ4v) is 2.39. The zero-order valence-corrected chi connectivity index (χ0v) is 15.0. The number of nitrogens with one attached hydrogen (secondary N) is 1. The third kappa shape index (κ3) is 6.68. The van der Waals surface area contributed by atoms with E-state index in [1.807, 2.05) is 43.3 Å². The van der Waals surface area contributed by atoms with Gasteiger partial charge in [-0.25, -0.2) is 4.98 Å². The molecule has 4 heteroatoms. The van der Waals surface area contributed by atoms with Crippen LogP contribution in [0.1, 0.15) is 43.9 Å². The molecule has 1 amide bonds. The van der Waals surface area contributed by atoms with Crippen LogP contribution in [0.2, 0.25) is 0 Å². The van der Waals surface area contributed by atoms with Gasteiger partial charge in [0, 0.05) is 36.4 Å². The highest BCUT2D eigenvalue weighted by atomic mass is 16.5. The normalized spacial score (nSPS) is 11.2. The minimum atomic E-state index is -0.00498. The van der Waals surface area contributed by atoms with Gasteiger partial charge in [-0.1, -0.05) is 30.9 Å². The molecule has 0 saturated heterocycles. The minimum absolute atomic E-state index is 0.00498. The molecule has 1 aromatic heterocycles. The summed E-state index contributed by atoms with van der Waals surface area (Å²) in [7, 11) is 0. The van der Waals surface area contributed by atoms with Crippen molar-refractivity contribution in [2.24, 2.45) is 0 Å². The van der Waals surface area contributed by atoms with Crippen LogP contribution in [0.15, 0.2) is 42.6 Å². The number of aromatic nitrogens is 1. The van der Waals surface area contributed by atoms with Crippen LogP contribution in [-0.2, 0) is 11.2 Å². The van der Waals surface area contributed by atoms with Gasteiger partial charge in [0.2, 0.25) is 11.8 Å². The Labute approximate surface area is 149 Å². The van der Waals surface area contributed by atoms with Gasteiger partial charge in [-0.15, -0.1) is 0 Å². The van der Waals surface area contributed by atoms with E-state index in [0.29, 0.717) is 12.5 Å². The van der Waals surface area contributed by atoms with E-state index in [1.54, 1.807) is 6.20 Å². The predicted molar refractivity (Wildman–Crippen MR) is 99.4 cm³/mol. The monoisotopic (exact) mass is 336 g/mol. The fraction of sp³-hybridized carbons (Fsp3) is 0.333. The molecule has 130 valence electrons. The topological polar surface area (TPSA) is 51.2 Å². The number of benzene rings is 1. The molecule has 4 nitrogen and oxygen atoms in total.